The maximum Gasteiger partial charge on any atom is 0.267 e. The molecule has 1 amide bonds. The van der Waals surface area contributed by atoms with Crippen molar-refractivity contribution in [1.29, 1.82) is 0 Å². The summed E-state index contributed by atoms with van der Waals surface area (Å²) in [6.07, 6.45) is -0.340. The minimum atomic E-state index is -3.12. The van der Waals surface area contributed by atoms with Crippen LogP contribution in [0.4, 0.5) is 0 Å². The van der Waals surface area contributed by atoms with Crippen molar-refractivity contribution in [2.24, 2.45) is 0 Å². The molecule has 4 rings (SSSR count). The summed E-state index contributed by atoms with van der Waals surface area (Å²) >= 11 is 0. The summed E-state index contributed by atoms with van der Waals surface area (Å²) < 4.78 is 35.6. The Kier molecular flexibility index (Phi) is 5.02. The molecular formula is C21H23NO5S. The highest BCUT2D eigenvalue weighted by Crippen LogP contribution is 2.32. The lowest BCUT2D eigenvalue weighted by atomic mass is 10.1. The van der Waals surface area contributed by atoms with Gasteiger partial charge in [0.25, 0.3) is 5.91 Å². The van der Waals surface area contributed by atoms with Gasteiger partial charge in [-0.25, -0.2) is 8.42 Å². The van der Waals surface area contributed by atoms with Crippen LogP contribution in [0.3, 0.4) is 0 Å². The smallest absolute Gasteiger partial charge is 0.267 e. The maximum absolute atomic E-state index is 13.3. The molecule has 2 aromatic rings. The molecule has 148 valence electrons. The Morgan fingerprint density at radius 2 is 1.82 bits per heavy atom. The molecule has 0 saturated carbocycles. The van der Waals surface area contributed by atoms with Crippen LogP contribution in [0.15, 0.2) is 48.5 Å². The average molecular weight is 401 g/mol. The first-order valence-corrected chi connectivity index (χ1v) is 11.2. The number of para-hydroxylation sites is 2. The van der Waals surface area contributed by atoms with Gasteiger partial charge in [-0.15, -0.1) is 0 Å². The zero-order valence-corrected chi connectivity index (χ0v) is 16.5. The van der Waals surface area contributed by atoms with E-state index in [9.17, 15) is 13.2 Å². The molecule has 1 fully saturated rings. The van der Waals surface area contributed by atoms with Gasteiger partial charge >= 0.3 is 0 Å². The van der Waals surface area contributed by atoms with E-state index in [2.05, 4.69) is 0 Å². The third-order valence-electron chi connectivity index (χ3n) is 5.19. The van der Waals surface area contributed by atoms with Crippen molar-refractivity contribution in [3.63, 3.8) is 0 Å². The van der Waals surface area contributed by atoms with Crippen molar-refractivity contribution in [2.45, 2.75) is 32.0 Å². The molecular weight excluding hydrogens is 378 g/mol. The number of fused-ring (bicyclic) bond motifs is 1. The fraction of sp³-hybridized carbons (Fsp3) is 0.381. The Bertz CT molecular complexity index is 971. The van der Waals surface area contributed by atoms with Crippen molar-refractivity contribution in [3.05, 3.63) is 59.7 Å². The van der Waals surface area contributed by atoms with Gasteiger partial charge in [-0.2, -0.15) is 0 Å². The van der Waals surface area contributed by atoms with E-state index in [0.29, 0.717) is 24.5 Å². The van der Waals surface area contributed by atoms with E-state index in [-0.39, 0.29) is 30.1 Å². The molecule has 0 unspecified atom stereocenters. The first kappa shape index (κ1) is 18.8. The molecule has 0 spiro atoms. The van der Waals surface area contributed by atoms with Crippen LogP contribution in [0.1, 0.15) is 17.5 Å². The number of rotatable bonds is 4. The fourth-order valence-electron chi connectivity index (χ4n) is 3.62. The van der Waals surface area contributed by atoms with Gasteiger partial charge in [-0.1, -0.05) is 42.0 Å². The monoisotopic (exact) mass is 401 g/mol. The second kappa shape index (κ2) is 7.47. The summed E-state index contributed by atoms with van der Waals surface area (Å²) in [5.74, 6) is 1.01. The van der Waals surface area contributed by atoms with Gasteiger partial charge in [0.1, 0.15) is 6.61 Å². The highest BCUT2D eigenvalue weighted by molar-refractivity contribution is 7.91. The lowest BCUT2D eigenvalue weighted by Gasteiger charge is -2.34. The molecule has 0 bridgehead atoms. The van der Waals surface area contributed by atoms with Gasteiger partial charge in [0.15, 0.2) is 21.3 Å². The van der Waals surface area contributed by atoms with E-state index in [4.69, 9.17) is 9.47 Å². The summed E-state index contributed by atoms with van der Waals surface area (Å²) in [4.78, 5) is 15.0. The van der Waals surface area contributed by atoms with Crippen LogP contribution >= 0.6 is 0 Å². The highest BCUT2D eigenvalue weighted by atomic mass is 32.2. The molecule has 0 radical (unpaired) electrons. The van der Waals surface area contributed by atoms with Gasteiger partial charge in [-0.3, -0.25) is 4.79 Å². The zero-order chi connectivity index (χ0) is 19.7. The van der Waals surface area contributed by atoms with Crippen LogP contribution in [0.25, 0.3) is 0 Å². The van der Waals surface area contributed by atoms with Crippen molar-refractivity contribution >= 4 is 15.7 Å². The highest BCUT2D eigenvalue weighted by Gasteiger charge is 2.39. The fourth-order valence-corrected chi connectivity index (χ4v) is 5.36. The number of amides is 1. The molecule has 2 aliphatic rings. The van der Waals surface area contributed by atoms with Gasteiger partial charge in [-0.05, 0) is 31.0 Å². The Hall–Kier alpha value is -2.54. The van der Waals surface area contributed by atoms with Crippen molar-refractivity contribution in [1.82, 2.24) is 4.90 Å². The molecule has 7 heteroatoms. The molecule has 1 saturated heterocycles. The van der Waals surface area contributed by atoms with E-state index in [1.54, 1.807) is 17.0 Å². The SMILES string of the molecule is Cc1ccc(CN(C(=O)[C@H]2COc3ccccc3O2)[C@@H]2CCS(=O)(=O)C2)cc1. The lowest BCUT2D eigenvalue weighted by molar-refractivity contribution is -0.143. The molecule has 2 aromatic carbocycles. The van der Waals surface area contributed by atoms with Crippen LogP contribution in [-0.4, -0.2) is 49.5 Å². The van der Waals surface area contributed by atoms with Crippen molar-refractivity contribution in [3.8, 4) is 11.5 Å². The summed E-state index contributed by atoms with van der Waals surface area (Å²) in [5, 5.41) is 0. The molecule has 0 N–H and O–H groups in total. The van der Waals surface area contributed by atoms with Crippen LogP contribution < -0.4 is 9.47 Å². The second-order valence-corrected chi connectivity index (χ2v) is 9.60. The second-order valence-electron chi connectivity index (χ2n) is 7.37. The molecule has 2 atom stereocenters. The van der Waals surface area contributed by atoms with E-state index < -0.39 is 15.9 Å². The number of ether oxygens (including phenoxy) is 2. The van der Waals surface area contributed by atoms with Crippen LogP contribution in [0.2, 0.25) is 0 Å². The number of aryl methyl sites for hydroxylation is 1. The first-order valence-electron chi connectivity index (χ1n) is 9.36. The number of nitrogens with zero attached hydrogens (tertiary/aromatic N) is 1. The average Bonchev–Trinajstić information content (AvgIpc) is 3.06. The molecule has 2 heterocycles. The number of hydrogen-bond donors (Lipinski definition) is 0. The summed E-state index contributed by atoms with van der Waals surface area (Å²) in [5.41, 5.74) is 2.09. The number of carbonyl (C=O) groups is 1. The quantitative estimate of drug-likeness (QED) is 0.786. The van der Waals surface area contributed by atoms with Crippen LogP contribution in [0.5, 0.6) is 11.5 Å². The van der Waals surface area contributed by atoms with Crippen molar-refractivity contribution in [2.75, 3.05) is 18.1 Å². The predicted molar refractivity (Wildman–Crippen MR) is 105 cm³/mol. The summed E-state index contributed by atoms with van der Waals surface area (Å²) in [6, 6.07) is 14.8. The minimum absolute atomic E-state index is 0.00519. The van der Waals surface area contributed by atoms with Gasteiger partial charge in [0.2, 0.25) is 6.10 Å². The lowest BCUT2D eigenvalue weighted by Crippen LogP contribution is -2.50. The number of sulfone groups is 1. The van der Waals surface area contributed by atoms with E-state index in [1.165, 1.54) is 0 Å². The molecule has 28 heavy (non-hydrogen) atoms. The van der Waals surface area contributed by atoms with Gasteiger partial charge in [0.05, 0.1) is 11.5 Å². The maximum atomic E-state index is 13.3. The van der Waals surface area contributed by atoms with Gasteiger partial charge < -0.3 is 14.4 Å². The predicted octanol–water partition coefficient (Wildman–Crippen LogP) is 2.35. The summed E-state index contributed by atoms with van der Waals surface area (Å²) in [6.45, 7) is 2.46. The third-order valence-corrected chi connectivity index (χ3v) is 6.94. The molecule has 6 nitrogen and oxygen atoms in total. The topological polar surface area (TPSA) is 72.9 Å². The molecule has 2 aliphatic heterocycles. The summed E-state index contributed by atoms with van der Waals surface area (Å²) in [7, 11) is -3.12. The Balaban J connectivity index is 1.57. The van der Waals surface area contributed by atoms with E-state index in [0.717, 1.165) is 11.1 Å². The van der Waals surface area contributed by atoms with Crippen molar-refractivity contribution < 1.29 is 22.7 Å². The number of benzene rings is 2. The zero-order valence-electron chi connectivity index (χ0n) is 15.7. The normalized spacial score (nSPS) is 22.6. The molecule has 0 aromatic heterocycles. The standard InChI is InChI=1S/C21H23NO5S/c1-15-6-8-16(9-7-15)12-22(17-10-11-28(24,25)14-17)21(23)20-13-26-18-4-2-3-5-19(18)27-20/h2-9,17,20H,10-14H2,1H3/t17-,20-/m1/s1. The number of hydrogen-bond acceptors (Lipinski definition) is 5. The number of carbonyl (C=O) groups excluding carboxylic acids is 1. The van der Waals surface area contributed by atoms with E-state index in [1.807, 2.05) is 43.3 Å². The first-order chi connectivity index (χ1) is 13.4. The largest absolute Gasteiger partial charge is 0.485 e. The molecule has 0 aliphatic carbocycles. The Labute approximate surface area is 165 Å². The van der Waals surface area contributed by atoms with Crippen LogP contribution in [0, 0.1) is 6.92 Å². The Morgan fingerprint density at radius 3 is 2.50 bits per heavy atom. The third kappa shape index (κ3) is 3.99. The van der Waals surface area contributed by atoms with E-state index >= 15 is 0 Å². The Morgan fingerprint density at radius 1 is 1.11 bits per heavy atom. The van der Waals surface area contributed by atoms with Crippen LogP contribution in [-0.2, 0) is 21.2 Å². The minimum Gasteiger partial charge on any atom is -0.485 e. The van der Waals surface area contributed by atoms with Gasteiger partial charge in [0, 0.05) is 12.6 Å².